The first-order chi connectivity index (χ1) is 15.6. The summed E-state index contributed by atoms with van der Waals surface area (Å²) in [7, 11) is 0. The molecular weight excluding hydrogens is 440 g/mol. The van der Waals surface area contributed by atoms with Crippen molar-refractivity contribution in [2.45, 2.75) is 20.8 Å². The number of nitrogens with zero attached hydrogens (tertiary/aromatic N) is 6. The predicted octanol–water partition coefficient (Wildman–Crippen LogP) is 8.24. The van der Waals surface area contributed by atoms with Crippen molar-refractivity contribution in [3.63, 3.8) is 0 Å². The molecule has 0 aliphatic carbocycles. The second-order valence-electron chi connectivity index (χ2n) is 6.94. The highest BCUT2D eigenvalue weighted by atomic mass is 32.1. The molecule has 0 aliphatic rings. The molecule has 0 saturated heterocycles. The molecule has 0 saturated carbocycles. The van der Waals surface area contributed by atoms with E-state index in [1.807, 2.05) is 18.2 Å². The summed E-state index contributed by atoms with van der Waals surface area (Å²) in [5, 5.41) is 18.5. The van der Waals surface area contributed by atoms with Crippen LogP contribution in [0.2, 0.25) is 0 Å². The van der Waals surface area contributed by atoms with Crippen LogP contribution in [0.1, 0.15) is 31.1 Å². The summed E-state index contributed by atoms with van der Waals surface area (Å²) < 4.78 is 1.00. The van der Waals surface area contributed by atoms with Crippen LogP contribution in [0.3, 0.4) is 0 Å². The van der Waals surface area contributed by atoms with Gasteiger partial charge in [-0.05, 0) is 75.4 Å². The van der Waals surface area contributed by atoms with Crippen molar-refractivity contribution in [3.8, 4) is 0 Å². The maximum Gasteiger partial charge on any atom is 0.231 e. The van der Waals surface area contributed by atoms with E-state index in [4.69, 9.17) is 0 Å². The topological polar surface area (TPSA) is 82.6 Å². The molecule has 0 atom stereocenters. The molecule has 2 heterocycles. The average Bonchev–Trinajstić information content (AvgIpc) is 3.36. The van der Waals surface area contributed by atoms with Gasteiger partial charge in [0.05, 0.1) is 16.1 Å². The largest absolute Gasteiger partial charge is 0.372 e. The fourth-order valence-electron chi connectivity index (χ4n) is 3.09. The maximum absolute atomic E-state index is 11.3. The number of thiophene rings is 1. The van der Waals surface area contributed by atoms with Gasteiger partial charge in [-0.2, -0.15) is 0 Å². The van der Waals surface area contributed by atoms with Crippen LogP contribution in [0.5, 0.6) is 0 Å². The molecule has 32 heavy (non-hydrogen) atoms. The average molecular weight is 463 g/mol. The van der Waals surface area contributed by atoms with Crippen LogP contribution in [-0.2, 0) is 0 Å². The number of ketones is 1. The van der Waals surface area contributed by atoms with Gasteiger partial charge in [0.15, 0.2) is 5.78 Å². The molecule has 7 nitrogen and oxygen atoms in total. The van der Waals surface area contributed by atoms with Gasteiger partial charge < -0.3 is 4.90 Å². The zero-order chi connectivity index (χ0) is 22.5. The van der Waals surface area contributed by atoms with Gasteiger partial charge in [-0.1, -0.05) is 22.7 Å². The first-order valence-corrected chi connectivity index (χ1v) is 11.9. The third kappa shape index (κ3) is 5.12. The monoisotopic (exact) mass is 462 g/mol. The Balaban J connectivity index is 1.43. The lowest BCUT2D eigenvalue weighted by atomic mass is 10.1. The molecule has 162 valence electrons. The molecule has 0 fully saturated rings. The number of Topliss-reactive ketones (excluding diaryl/α,β-unsaturated/α-hetero) is 1. The van der Waals surface area contributed by atoms with Crippen LogP contribution < -0.4 is 4.90 Å². The molecule has 4 aromatic rings. The third-order valence-corrected chi connectivity index (χ3v) is 6.76. The standard InChI is InChI=1S/C23H22N6OS2/c1-4-29(5-2)19-12-10-18(11-13-19)26-28-23-24-22-20(31-23)14-21(32-22)27-25-17-8-6-16(7-9-17)15(3)30/h6-14H,4-5H2,1-3H3/b27-25+,28-26+. The maximum atomic E-state index is 11.3. The van der Waals surface area contributed by atoms with Gasteiger partial charge in [0.1, 0.15) is 9.83 Å². The molecule has 0 aliphatic heterocycles. The Bertz CT molecular complexity index is 1240. The van der Waals surface area contributed by atoms with Crippen molar-refractivity contribution in [2.24, 2.45) is 20.5 Å². The molecule has 2 aromatic heterocycles. The number of aromatic nitrogens is 1. The van der Waals surface area contributed by atoms with Crippen LogP contribution in [0.15, 0.2) is 75.1 Å². The molecule has 0 amide bonds. The summed E-state index contributed by atoms with van der Waals surface area (Å²) >= 11 is 2.93. The number of rotatable bonds is 8. The Hall–Kier alpha value is -3.30. The van der Waals surface area contributed by atoms with Gasteiger partial charge in [0.2, 0.25) is 5.13 Å². The van der Waals surface area contributed by atoms with Gasteiger partial charge >= 0.3 is 0 Å². The number of azo groups is 2. The summed E-state index contributed by atoms with van der Waals surface area (Å²) in [5.41, 5.74) is 3.33. The number of anilines is 1. The lowest BCUT2D eigenvalue weighted by Gasteiger charge is -2.20. The minimum Gasteiger partial charge on any atom is -0.372 e. The highest BCUT2D eigenvalue weighted by Gasteiger charge is 2.08. The second kappa shape index (κ2) is 9.88. The molecule has 0 spiro atoms. The van der Waals surface area contributed by atoms with Crippen molar-refractivity contribution in [1.82, 2.24) is 4.98 Å². The minimum atomic E-state index is 0.0302. The first-order valence-electron chi connectivity index (χ1n) is 10.3. The highest BCUT2D eigenvalue weighted by Crippen LogP contribution is 2.39. The van der Waals surface area contributed by atoms with Gasteiger partial charge in [0.25, 0.3) is 0 Å². The summed E-state index contributed by atoms with van der Waals surface area (Å²) in [5.74, 6) is 0.0302. The lowest BCUT2D eigenvalue weighted by Crippen LogP contribution is -2.21. The van der Waals surface area contributed by atoms with E-state index in [1.165, 1.54) is 28.4 Å². The van der Waals surface area contributed by atoms with E-state index < -0.39 is 0 Å². The number of benzene rings is 2. The number of hydrogen-bond donors (Lipinski definition) is 0. The summed E-state index contributed by atoms with van der Waals surface area (Å²) in [6.45, 7) is 7.77. The number of hydrogen-bond acceptors (Lipinski definition) is 9. The van der Waals surface area contributed by atoms with Crippen LogP contribution in [0.4, 0.5) is 27.2 Å². The van der Waals surface area contributed by atoms with Crippen molar-refractivity contribution in [2.75, 3.05) is 18.0 Å². The molecule has 2 aromatic carbocycles. The molecule has 4 rings (SSSR count). The van der Waals surface area contributed by atoms with Crippen LogP contribution in [0, 0.1) is 0 Å². The summed E-state index contributed by atoms with van der Waals surface area (Å²) in [4.78, 5) is 19.0. The number of fused-ring (bicyclic) bond motifs is 1. The van der Waals surface area contributed by atoms with Gasteiger partial charge in [-0.15, -0.1) is 20.5 Å². The SMILES string of the molecule is CCN(CC)c1ccc(/N=N/c2nc3sc(/N=N/c4ccc(C(C)=O)cc4)cc3s2)cc1. The van der Waals surface area contributed by atoms with Crippen LogP contribution in [-0.4, -0.2) is 23.9 Å². The van der Waals surface area contributed by atoms with E-state index in [0.29, 0.717) is 16.4 Å². The van der Waals surface area contributed by atoms with Crippen molar-refractivity contribution < 1.29 is 4.79 Å². The molecular formula is C23H22N6OS2. The Kier molecular flexibility index (Phi) is 6.77. The fourth-order valence-corrected chi connectivity index (χ4v) is 4.94. The normalized spacial score (nSPS) is 11.7. The third-order valence-electron chi connectivity index (χ3n) is 4.83. The van der Waals surface area contributed by atoms with E-state index in [9.17, 15) is 4.79 Å². The zero-order valence-corrected chi connectivity index (χ0v) is 19.7. The van der Waals surface area contributed by atoms with Gasteiger partial charge in [0, 0.05) is 24.3 Å². The fraction of sp³-hybridized carbons (Fsp3) is 0.217. The molecule has 0 bridgehead atoms. The number of thiazole rings is 1. The van der Waals surface area contributed by atoms with E-state index in [0.717, 1.165) is 33.3 Å². The van der Waals surface area contributed by atoms with Crippen molar-refractivity contribution >= 4 is 65.2 Å². The predicted molar refractivity (Wildman–Crippen MR) is 132 cm³/mol. The van der Waals surface area contributed by atoms with Crippen LogP contribution >= 0.6 is 22.7 Å². The quantitative estimate of drug-likeness (QED) is 0.195. The Morgan fingerprint density at radius 1 is 0.875 bits per heavy atom. The number of carbonyl (C=O) groups excluding carboxylic acids is 1. The highest BCUT2D eigenvalue weighted by molar-refractivity contribution is 7.30. The van der Waals surface area contributed by atoms with Gasteiger partial charge in [-0.25, -0.2) is 4.98 Å². The molecule has 0 radical (unpaired) electrons. The Morgan fingerprint density at radius 3 is 2.09 bits per heavy atom. The van der Waals surface area contributed by atoms with Gasteiger partial charge in [-0.3, -0.25) is 4.79 Å². The summed E-state index contributed by atoms with van der Waals surface area (Å²) in [6, 6.07) is 17.1. The van der Waals surface area contributed by atoms with Crippen LogP contribution in [0.25, 0.3) is 9.53 Å². The van der Waals surface area contributed by atoms with E-state index >= 15 is 0 Å². The smallest absolute Gasteiger partial charge is 0.231 e. The summed E-state index contributed by atoms with van der Waals surface area (Å²) in [6.07, 6.45) is 0. The van der Waals surface area contributed by atoms with Crippen molar-refractivity contribution in [1.29, 1.82) is 0 Å². The Labute approximate surface area is 194 Å². The molecule has 0 N–H and O–H groups in total. The number of carbonyl (C=O) groups is 1. The van der Waals surface area contributed by atoms with E-state index in [1.54, 1.807) is 31.2 Å². The van der Waals surface area contributed by atoms with Crippen molar-refractivity contribution in [3.05, 3.63) is 60.2 Å². The minimum absolute atomic E-state index is 0.0302. The lowest BCUT2D eigenvalue weighted by molar-refractivity contribution is 0.101. The van der Waals surface area contributed by atoms with E-state index in [2.05, 4.69) is 56.3 Å². The Morgan fingerprint density at radius 2 is 1.50 bits per heavy atom. The second-order valence-corrected chi connectivity index (χ2v) is 8.96. The zero-order valence-electron chi connectivity index (χ0n) is 18.0. The molecule has 9 heteroatoms. The first kappa shape index (κ1) is 21.9. The van der Waals surface area contributed by atoms with E-state index in [-0.39, 0.29) is 5.78 Å². The molecule has 0 unspecified atom stereocenters.